The fourth-order valence-electron chi connectivity index (χ4n) is 2.21. The van der Waals surface area contributed by atoms with E-state index in [0.29, 0.717) is 12.2 Å². The highest BCUT2D eigenvalue weighted by molar-refractivity contribution is 5.22. The summed E-state index contributed by atoms with van der Waals surface area (Å²) in [4.78, 5) is 2.05. The van der Waals surface area contributed by atoms with Gasteiger partial charge in [-0.25, -0.2) is 4.39 Å². The quantitative estimate of drug-likeness (QED) is 0.826. The molecule has 3 nitrogen and oxygen atoms in total. The van der Waals surface area contributed by atoms with Crippen LogP contribution in [0.15, 0.2) is 24.3 Å². The normalized spacial score (nSPS) is 14.9. The number of ether oxygens (including phenoxy) is 1. The molecule has 0 aliphatic carbocycles. The lowest BCUT2D eigenvalue weighted by Crippen LogP contribution is -2.39. The smallest absolute Gasteiger partial charge is 0.128 e. The summed E-state index contributed by atoms with van der Waals surface area (Å²) >= 11 is 0. The molecule has 1 aromatic rings. The molecular formula is C15H25FN2O. The third-order valence-electron chi connectivity index (χ3n) is 3.09. The maximum absolute atomic E-state index is 13.9. The molecule has 108 valence electrons. The first-order valence-corrected chi connectivity index (χ1v) is 6.75. The summed E-state index contributed by atoms with van der Waals surface area (Å²) < 4.78 is 19.4. The first kappa shape index (κ1) is 16.1. The van der Waals surface area contributed by atoms with Gasteiger partial charge in [-0.2, -0.15) is 0 Å². The van der Waals surface area contributed by atoms with E-state index in [0.717, 1.165) is 6.54 Å². The Morgan fingerprint density at radius 3 is 2.42 bits per heavy atom. The Bertz CT molecular complexity index is 382. The largest absolute Gasteiger partial charge is 0.377 e. The molecule has 2 N–H and O–H groups in total. The fraction of sp³-hybridized carbons (Fsp3) is 0.600. The number of nitrogens with zero attached hydrogens (tertiary/aromatic N) is 1. The molecule has 1 aromatic carbocycles. The number of halogens is 1. The van der Waals surface area contributed by atoms with Crippen molar-refractivity contribution in [2.75, 3.05) is 20.2 Å². The lowest BCUT2D eigenvalue weighted by molar-refractivity contribution is 0.0531. The van der Waals surface area contributed by atoms with Gasteiger partial charge in [0.15, 0.2) is 0 Å². The van der Waals surface area contributed by atoms with Crippen molar-refractivity contribution < 1.29 is 9.13 Å². The van der Waals surface area contributed by atoms with Crippen molar-refractivity contribution in [3.05, 3.63) is 35.6 Å². The average Bonchev–Trinajstić information content (AvgIpc) is 2.31. The molecule has 19 heavy (non-hydrogen) atoms. The molecule has 4 heteroatoms. The van der Waals surface area contributed by atoms with Crippen LogP contribution < -0.4 is 5.73 Å². The van der Waals surface area contributed by atoms with Gasteiger partial charge in [-0.05, 0) is 33.9 Å². The van der Waals surface area contributed by atoms with Crippen molar-refractivity contribution in [2.24, 2.45) is 5.73 Å². The van der Waals surface area contributed by atoms with Crippen molar-refractivity contribution in [2.45, 2.75) is 39.0 Å². The van der Waals surface area contributed by atoms with Crippen LogP contribution in [-0.2, 0) is 4.74 Å². The van der Waals surface area contributed by atoms with Crippen molar-refractivity contribution >= 4 is 0 Å². The number of nitrogens with two attached hydrogens (primary N) is 1. The van der Waals surface area contributed by atoms with E-state index in [4.69, 9.17) is 10.5 Å². The average molecular weight is 268 g/mol. The summed E-state index contributed by atoms with van der Waals surface area (Å²) in [7, 11) is 1.95. The second kappa shape index (κ2) is 7.58. The van der Waals surface area contributed by atoms with E-state index in [1.54, 1.807) is 12.1 Å². The molecule has 0 aliphatic rings. The van der Waals surface area contributed by atoms with Crippen molar-refractivity contribution in [3.8, 4) is 0 Å². The minimum Gasteiger partial charge on any atom is -0.377 e. The summed E-state index contributed by atoms with van der Waals surface area (Å²) in [5.74, 6) is -0.207. The molecule has 0 spiro atoms. The van der Waals surface area contributed by atoms with Gasteiger partial charge in [0.1, 0.15) is 5.82 Å². The molecule has 0 saturated carbocycles. The van der Waals surface area contributed by atoms with Crippen LogP contribution >= 0.6 is 0 Å². The highest BCUT2D eigenvalue weighted by Gasteiger charge is 2.23. The molecule has 2 unspecified atom stereocenters. The van der Waals surface area contributed by atoms with Gasteiger partial charge in [0.25, 0.3) is 0 Å². The van der Waals surface area contributed by atoms with Gasteiger partial charge in [0.05, 0.1) is 18.8 Å². The van der Waals surface area contributed by atoms with E-state index in [9.17, 15) is 4.39 Å². The van der Waals surface area contributed by atoms with Crippen LogP contribution in [-0.4, -0.2) is 37.2 Å². The Labute approximate surface area is 115 Å². The Morgan fingerprint density at radius 1 is 1.26 bits per heavy atom. The van der Waals surface area contributed by atoms with Crippen LogP contribution in [0.5, 0.6) is 0 Å². The Balaban J connectivity index is 2.75. The minimum absolute atomic E-state index is 0.142. The Hall–Kier alpha value is -0.970. The highest BCUT2D eigenvalue weighted by Crippen LogP contribution is 2.24. The molecule has 0 bridgehead atoms. The first-order valence-electron chi connectivity index (χ1n) is 6.75. The van der Waals surface area contributed by atoms with Crippen molar-refractivity contribution in [1.29, 1.82) is 0 Å². The molecule has 0 fully saturated rings. The third-order valence-corrected chi connectivity index (χ3v) is 3.09. The molecule has 0 aromatic heterocycles. The Kier molecular flexibility index (Phi) is 6.42. The summed E-state index contributed by atoms with van der Waals surface area (Å²) in [5, 5.41) is 0. The van der Waals surface area contributed by atoms with E-state index in [-0.39, 0.29) is 24.0 Å². The summed E-state index contributed by atoms with van der Waals surface area (Å²) in [6, 6.07) is 6.51. The molecule has 1 rings (SSSR count). The van der Waals surface area contributed by atoms with Crippen LogP contribution in [0.2, 0.25) is 0 Å². The standard InChI is InChI=1S/C15H25FN2O/c1-11(2)19-10-9-18(4)15(12(3)17)13-7-5-6-8-14(13)16/h5-8,11-12,15H,9-10,17H2,1-4H3. The molecule has 0 amide bonds. The summed E-state index contributed by atoms with van der Waals surface area (Å²) in [6.07, 6.45) is 0.204. The lowest BCUT2D eigenvalue weighted by atomic mass is 9.99. The van der Waals surface area contributed by atoms with E-state index >= 15 is 0 Å². The zero-order valence-corrected chi connectivity index (χ0v) is 12.3. The summed E-state index contributed by atoms with van der Waals surface area (Å²) in [6.45, 7) is 7.24. The highest BCUT2D eigenvalue weighted by atomic mass is 19.1. The second-order valence-corrected chi connectivity index (χ2v) is 5.23. The van der Waals surface area contributed by atoms with Crippen LogP contribution in [0.1, 0.15) is 32.4 Å². The predicted molar refractivity (Wildman–Crippen MR) is 76.5 cm³/mol. The number of hydrogen-bond acceptors (Lipinski definition) is 3. The number of hydrogen-bond donors (Lipinski definition) is 1. The molecule has 0 aliphatic heterocycles. The molecule has 0 saturated heterocycles. The van der Waals surface area contributed by atoms with Crippen LogP contribution in [0, 0.1) is 5.82 Å². The predicted octanol–water partition coefficient (Wildman–Crippen LogP) is 2.57. The van der Waals surface area contributed by atoms with E-state index in [2.05, 4.69) is 0 Å². The van der Waals surface area contributed by atoms with E-state index in [1.165, 1.54) is 6.07 Å². The second-order valence-electron chi connectivity index (χ2n) is 5.23. The van der Waals surface area contributed by atoms with Crippen LogP contribution in [0.3, 0.4) is 0 Å². The topological polar surface area (TPSA) is 38.5 Å². The molecular weight excluding hydrogens is 243 g/mol. The molecule has 0 radical (unpaired) electrons. The maximum atomic E-state index is 13.9. The monoisotopic (exact) mass is 268 g/mol. The third kappa shape index (κ3) is 4.90. The van der Waals surface area contributed by atoms with Crippen molar-refractivity contribution in [3.63, 3.8) is 0 Å². The zero-order chi connectivity index (χ0) is 14.4. The van der Waals surface area contributed by atoms with Gasteiger partial charge < -0.3 is 10.5 Å². The minimum atomic E-state index is -0.207. The van der Waals surface area contributed by atoms with Gasteiger partial charge in [0, 0.05) is 18.2 Å². The van der Waals surface area contributed by atoms with Crippen molar-refractivity contribution in [1.82, 2.24) is 4.90 Å². The first-order chi connectivity index (χ1) is 8.93. The van der Waals surface area contributed by atoms with Crippen LogP contribution in [0.25, 0.3) is 0 Å². The molecule has 0 heterocycles. The van der Waals surface area contributed by atoms with E-state index in [1.807, 2.05) is 38.8 Å². The zero-order valence-electron chi connectivity index (χ0n) is 12.3. The van der Waals surface area contributed by atoms with Gasteiger partial charge in [0.2, 0.25) is 0 Å². The van der Waals surface area contributed by atoms with Crippen LogP contribution in [0.4, 0.5) is 4.39 Å². The maximum Gasteiger partial charge on any atom is 0.128 e. The van der Waals surface area contributed by atoms with Gasteiger partial charge in [-0.15, -0.1) is 0 Å². The summed E-state index contributed by atoms with van der Waals surface area (Å²) in [5.41, 5.74) is 6.66. The number of likely N-dealkylation sites (N-methyl/N-ethyl adjacent to an activating group) is 1. The Morgan fingerprint density at radius 2 is 1.89 bits per heavy atom. The van der Waals surface area contributed by atoms with Gasteiger partial charge in [-0.3, -0.25) is 4.90 Å². The van der Waals surface area contributed by atoms with Gasteiger partial charge >= 0.3 is 0 Å². The number of benzene rings is 1. The lowest BCUT2D eigenvalue weighted by Gasteiger charge is -2.31. The van der Waals surface area contributed by atoms with E-state index < -0.39 is 0 Å². The van der Waals surface area contributed by atoms with Gasteiger partial charge in [-0.1, -0.05) is 18.2 Å². The SMILES string of the molecule is CC(C)OCCN(C)C(c1ccccc1F)C(C)N. The molecule has 2 atom stereocenters. The number of rotatable bonds is 7. The fourth-order valence-corrected chi connectivity index (χ4v) is 2.21.